The molecule has 0 atom stereocenters. The van der Waals surface area contributed by atoms with Crippen molar-refractivity contribution in [3.63, 3.8) is 0 Å². The van der Waals surface area contributed by atoms with Crippen LogP contribution in [-0.2, 0) is 0 Å². The molecule has 0 aliphatic heterocycles. The van der Waals surface area contributed by atoms with Crippen molar-refractivity contribution in [3.8, 4) is 0 Å². The molecule has 78 valence electrons. The lowest BCUT2D eigenvalue weighted by Crippen LogP contribution is -1.83. The third-order valence-electron chi connectivity index (χ3n) is 2.77. The molecular weight excluding hydrogens is 206 g/mol. The first-order valence-electron chi connectivity index (χ1n) is 5.02. The van der Waals surface area contributed by atoms with Crippen LogP contribution in [0.4, 0.5) is 8.78 Å². The largest absolute Gasteiger partial charge is 0.207 e. The van der Waals surface area contributed by atoms with Crippen LogP contribution in [-0.4, -0.2) is 0 Å². The minimum absolute atomic E-state index is 0.311. The van der Waals surface area contributed by atoms with Crippen LogP contribution in [0.15, 0.2) is 48.5 Å². The normalized spacial score (nSPS) is 11.1. The van der Waals surface area contributed by atoms with Crippen LogP contribution in [0.1, 0.15) is 0 Å². The summed E-state index contributed by atoms with van der Waals surface area (Å²) in [7, 11) is 0. The highest BCUT2D eigenvalue weighted by Crippen LogP contribution is 2.27. The lowest BCUT2D eigenvalue weighted by molar-refractivity contribution is 0.629. The highest BCUT2D eigenvalue weighted by molar-refractivity contribution is 6.07. The Kier molecular flexibility index (Phi) is 1.90. The summed E-state index contributed by atoms with van der Waals surface area (Å²) >= 11 is 0. The number of hydrogen-bond acceptors (Lipinski definition) is 0. The average Bonchev–Trinajstić information content (AvgIpc) is 2.28. The molecule has 0 radical (unpaired) electrons. The van der Waals surface area contributed by atoms with Gasteiger partial charge in [0.1, 0.15) is 11.6 Å². The van der Waals surface area contributed by atoms with Gasteiger partial charge < -0.3 is 0 Å². The Balaban J connectivity index is 2.61. The van der Waals surface area contributed by atoms with E-state index in [2.05, 4.69) is 0 Å². The number of benzene rings is 3. The van der Waals surface area contributed by atoms with Crippen LogP contribution in [0, 0.1) is 11.6 Å². The lowest BCUT2D eigenvalue weighted by Gasteiger charge is -2.04. The van der Waals surface area contributed by atoms with E-state index in [0.717, 1.165) is 10.8 Å². The van der Waals surface area contributed by atoms with E-state index < -0.39 is 0 Å². The van der Waals surface area contributed by atoms with Gasteiger partial charge in [0.05, 0.1) is 0 Å². The zero-order valence-electron chi connectivity index (χ0n) is 8.37. The molecule has 0 fully saturated rings. The summed E-state index contributed by atoms with van der Waals surface area (Å²) in [5.74, 6) is -0.656. The molecule has 0 N–H and O–H groups in total. The van der Waals surface area contributed by atoms with E-state index in [1.165, 1.54) is 18.2 Å². The minimum atomic E-state index is -0.344. The molecule has 16 heavy (non-hydrogen) atoms. The van der Waals surface area contributed by atoms with Crippen LogP contribution in [0.5, 0.6) is 0 Å². The summed E-state index contributed by atoms with van der Waals surface area (Å²) in [4.78, 5) is 0. The predicted molar refractivity (Wildman–Crippen MR) is 61.4 cm³/mol. The summed E-state index contributed by atoms with van der Waals surface area (Å²) in [5, 5.41) is 2.74. The van der Waals surface area contributed by atoms with Crippen LogP contribution in [0.25, 0.3) is 21.5 Å². The molecule has 3 aromatic rings. The molecular formula is C14H8F2. The molecule has 0 saturated heterocycles. The molecule has 0 saturated carbocycles. The molecule has 0 unspecified atom stereocenters. The third-order valence-corrected chi connectivity index (χ3v) is 2.77. The van der Waals surface area contributed by atoms with E-state index >= 15 is 0 Å². The van der Waals surface area contributed by atoms with E-state index in [9.17, 15) is 8.78 Å². The van der Waals surface area contributed by atoms with Gasteiger partial charge in [-0.15, -0.1) is 0 Å². The van der Waals surface area contributed by atoms with Crippen molar-refractivity contribution >= 4 is 21.5 Å². The second-order valence-electron chi connectivity index (χ2n) is 3.77. The summed E-state index contributed by atoms with van der Waals surface area (Å²) in [5.41, 5.74) is 0. The summed E-state index contributed by atoms with van der Waals surface area (Å²) in [6.45, 7) is 0. The summed E-state index contributed by atoms with van der Waals surface area (Å²) < 4.78 is 26.9. The van der Waals surface area contributed by atoms with E-state index in [4.69, 9.17) is 0 Å². The molecule has 3 rings (SSSR count). The van der Waals surface area contributed by atoms with Crippen molar-refractivity contribution in [2.45, 2.75) is 0 Å². The fraction of sp³-hybridized carbons (Fsp3) is 0. The maximum absolute atomic E-state index is 13.7. The maximum Gasteiger partial charge on any atom is 0.131 e. The molecule has 0 heterocycles. The minimum Gasteiger partial charge on any atom is -0.207 e. The van der Waals surface area contributed by atoms with Crippen LogP contribution in [0.2, 0.25) is 0 Å². The first-order chi connectivity index (χ1) is 7.75. The van der Waals surface area contributed by atoms with Gasteiger partial charge in [0, 0.05) is 5.39 Å². The van der Waals surface area contributed by atoms with Crippen molar-refractivity contribution < 1.29 is 8.78 Å². The molecule has 3 aromatic carbocycles. The van der Waals surface area contributed by atoms with E-state index in [1.807, 2.05) is 18.2 Å². The SMILES string of the molecule is Fc1ccc2ccc3cccc(F)c3c2c1. The third kappa shape index (κ3) is 1.27. The Hall–Kier alpha value is -1.96. The van der Waals surface area contributed by atoms with E-state index in [0.29, 0.717) is 10.8 Å². The second-order valence-corrected chi connectivity index (χ2v) is 3.77. The van der Waals surface area contributed by atoms with Crippen molar-refractivity contribution in [1.82, 2.24) is 0 Å². The van der Waals surface area contributed by atoms with Crippen molar-refractivity contribution in [1.29, 1.82) is 0 Å². The second kappa shape index (κ2) is 3.27. The smallest absolute Gasteiger partial charge is 0.131 e. The van der Waals surface area contributed by atoms with E-state index in [1.54, 1.807) is 12.1 Å². The average molecular weight is 214 g/mol. The van der Waals surface area contributed by atoms with Gasteiger partial charge in [-0.05, 0) is 34.4 Å². The monoisotopic (exact) mass is 214 g/mol. The molecule has 0 aromatic heterocycles. The van der Waals surface area contributed by atoms with E-state index in [-0.39, 0.29) is 11.6 Å². The maximum atomic E-state index is 13.7. The zero-order valence-corrected chi connectivity index (χ0v) is 8.37. The number of rotatable bonds is 0. The fourth-order valence-corrected chi connectivity index (χ4v) is 2.03. The van der Waals surface area contributed by atoms with Gasteiger partial charge in [0.25, 0.3) is 0 Å². The zero-order chi connectivity index (χ0) is 11.1. The Morgan fingerprint density at radius 1 is 0.750 bits per heavy atom. The van der Waals surface area contributed by atoms with Gasteiger partial charge in [0.15, 0.2) is 0 Å². The lowest BCUT2D eigenvalue weighted by atomic mass is 10.0. The van der Waals surface area contributed by atoms with Crippen LogP contribution < -0.4 is 0 Å². The Morgan fingerprint density at radius 2 is 1.50 bits per heavy atom. The van der Waals surface area contributed by atoms with Crippen LogP contribution >= 0.6 is 0 Å². The van der Waals surface area contributed by atoms with Crippen molar-refractivity contribution in [2.75, 3.05) is 0 Å². The first kappa shape index (κ1) is 9.28. The fourth-order valence-electron chi connectivity index (χ4n) is 2.03. The molecule has 0 amide bonds. The van der Waals surface area contributed by atoms with Gasteiger partial charge in [-0.25, -0.2) is 8.78 Å². The topological polar surface area (TPSA) is 0 Å². The van der Waals surface area contributed by atoms with Gasteiger partial charge in [-0.3, -0.25) is 0 Å². The van der Waals surface area contributed by atoms with Crippen molar-refractivity contribution in [3.05, 3.63) is 60.2 Å². The standard InChI is InChI=1S/C14H8F2/c15-11-7-6-9-4-5-10-2-1-3-13(16)14(10)12(9)8-11/h1-8H. The summed E-state index contributed by atoms with van der Waals surface area (Å²) in [6, 6.07) is 13.0. The van der Waals surface area contributed by atoms with Crippen molar-refractivity contribution in [2.24, 2.45) is 0 Å². The van der Waals surface area contributed by atoms with Gasteiger partial charge in [-0.1, -0.05) is 30.3 Å². The van der Waals surface area contributed by atoms with Gasteiger partial charge in [-0.2, -0.15) is 0 Å². The Morgan fingerprint density at radius 3 is 2.38 bits per heavy atom. The molecule has 0 spiro atoms. The molecule has 0 nitrogen and oxygen atoms in total. The Bertz CT molecular complexity index is 687. The summed E-state index contributed by atoms with van der Waals surface area (Å²) in [6.07, 6.45) is 0. The van der Waals surface area contributed by atoms with Crippen LogP contribution in [0.3, 0.4) is 0 Å². The number of fused-ring (bicyclic) bond motifs is 3. The molecule has 0 bridgehead atoms. The number of halogens is 2. The Labute approximate surface area is 91.1 Å². The molecule has 0 aliphatic rings. The van der Waals surface area contributed by atoms with Gasteiger partial charge in [0.2, 0.25) is 0 Å². The first-order valence-corrected chi connectivity index (χ1v) is 5.02. The number of hydrogen-bond donors (Lipinski definition) is 0. The predicted octanol–water partition coefficient (Wildman–Crippen LogP) is 4.27. The quantitative estimate of drug-likeness (QED) is 0.490. The highest BCUT2D eigenvalue weighted by atomic mass is 19.1. The molecule has 0 aliphatic carbocycles. The molecule has 2 heteroatoms. The highest BCUT2D eigenvalue weighted by Gasteiger charge is 2.05. The van der Waals surface area contributed by atoms with Gasteiger partial charge >= 0.3 is 0 Å².